The van der Waals surface area contributed by atoms with E-state index in [9.17, 15) is 53.5 Å². The summed E-state index contributed by atoms with van der Waals surface area (Å²) in [6.07, 6.45) is -14.7. The molecule has 194 valence electrons. The standard InChI is InChI=1S/C17H21F10NO4S/c1-9(2)8-28-12(30)14(16(23,24)25,32-11(29)10(3)15(20,21)22)31-7-5-4-6-13(18,19)17(26,27)33/h9,33H,3-8H2,1-2H3,(H,28,30). The number of carbonyl (C=O) groups excluding carboxylic acids is 2. The van der Waals surface area contributed by atoms with E-state index in [2.05, 4.69) is 28.7 Å². The second kappa shape index (κ2) is 11.1. The van der Waals surface area contributed by atoms with Gasteiger partial charge in [-0.05, 0) is 18.8 Å². The van der Waals surface area contributed by atoms with Gasteiger partial charge in [0, 0.05) is 13.0 Å². The summed E-state index contributed by atoms with van der Waals surface area (Å²) < 4.78 is 139. The van der Waals surface area contributed by atoms with Crippen LogP contribution in [0, 0.1) is 5.92 Å². The van der Waals surface area contributed by atoms with Crippen LogP contribution in [0.2, 0.25) is 0 Å². The maximum Gasteiger partial charge on any atom is 0.466 e. The van der Waals surface area contributed by atoms with Crippen molar-refractivity contribution in [3.8, 4) is 0 Å². The minimum atomic E-state index is -5.93. The summed E-state index contributed by atoms with van der Waals surface area (Å²) in [6, 6.07) is 0. The van der Waals surface area contributed by atoms with Crippen LogP contribution in [0.3, 0.4) is 0 Å². The highest BCUT2D eigenvalue weighted by molar-refractivity contribution is 7.81. The Morgan fingerprint density at radius 2 is 1.48 bits per heavy atom. The lowest BCUT2D eigenvalue weighted by molar-refractivity contribution is -0.347. The summed E-state index contributed by atoms with van der Waals surface area (Å²) in [5.41, 5.74) is -2.38. The lowest BCUT2D eigenvalue weighted by Gasteiger charge is -2.33. The fourth-order valence-corrected chi connectivity index (χ4v) is 2.06. The first-order valence-corrected chi connectivity index (χ1v) is 9.49. The van der Waals surface area contributed by atoms with Crippen LogP contribution >= 0.6 is 12.6 Å². The third-order valence-electron chi connectivity index (χ3n) is 3.80. The Labute approximate surface area is 187 Å². The number of amides is 1. The molecule has 0 heterocycles. The zero-order valence-corrected chi connectivity index (χ0v) is 18.1. The van der Waals surface area contributed by atoms with Crippen LogP contribution in [-0.4, -0.2) is 54.3 Å². The van der Waals surface area contributed by atoms with Crippen LogP contribution < -0.4 is 5.32 Å². The van der Waals surface area contributed by atoms with Crippen molar-refractivity contribution in [2.45, 2.75) is 62.4 Å². The Bertz CT molecular complexity index is 703. The summed E-state index contributed by atoms with van der Waals surface area (Å²) >= 11 is 2.42. The molecule has 0 radical (unpaired) electrons. The van der Waals surface area contributed by atoms with Crippen LogP contribution in [0.15, 0.2) is 12.2 Å². The molecule has 33 heavy (non-hydrogen) atoms. The van der Waals surface area contributed by atoms with E-state index in [0.717, 1.165) is 0 Å². The lowest BCUT2D eigenvalue weighted by Crippen LogP contribution is -2.62. The molecule has 0 saturated carbocycles. The average Bonchev–Trinajstić information content (AvgIpc) is 2.61. The monoisotopic (exact) mass is 525 g/mol. The lowest BCUT2D eigenvalue weighted by atomic mass is 10.1. The number of esters is 1. The van der Waals surface area contributed by atoms with Gasteiger partial charge in [0.05, 0.1) is 6.61 Å². The molecule has 1 unspecified atom stereocenters. The molecule has 0 aromatic rings. The van der Waals surface area contributed by atoms with Gasteiger partial charge in [-0.15, -0.1) is 0 Å². The van der Waals surface area contributed by atoms with Crippen molar-refractivity contribution in [3.63, 3.8) is 0 Å². The number of hydrogen-bond donors (Lipinski definition) is 2. The quantitative estimate of drug-likeness (QED) is 0.0938. The fourth-order valence-electron chi connectivity index (χ4n) is 1.95. The third-order valence-corrected chi connectivity index (χ3v) is 4.13. The summed E-state index contributed by atoms with van der Waals surface area (Å²) in [5.74, 6) is -14.6. The van der Waals surface area contributed by atoms with E-state index in [4.69, 9.17) is 0 Å². The highest BCUT2D eigenvalue weighted by Crippen LogP contribution is 2.41. The number of rotatable bonds is 12. The first-order chi connectivity index (χ1) is 14.6. The molecule has 0 aromatic carbocycles. The molecule has 0 aliphatic heterocycles. The van der Waals surface area contributed by atoms with Gasteiger partial charge in [0.25, 0.3) is 0 Å². The van der Waals surface area contributed by atoms with Crippen molar-refractivity contribution in [3.05, 3.63) is 12.2 Å². The van der Waals surface area contributed by atoms with Crippen molar-refractivity contribution in [2.24, 2.45) is 5.92 Å². The minimum absolute atomic E-state index is 0.443. The maximum absolute atomic E-state index is 13.7. The Morgan fingerprint density at radius 3 is 1.88 bits per heavy atom. The molecule has 0 fully saturated rings. The molecule has 1 atom stereocenters. The highest BCUT2D eigenvalue weighted by atomic mass is 32.1. The second-order valence-electron chi connectivity index (χ2n) is 7.14. The number of unbranched alkanes of at least 4 members (excludes halogenated alkanes) is 1. The zero-order chi connectivity index (χ0) is 26.5. The first kappa shape index (κ1) is 31.3. The van der Waals surface area contributed by atoms with Gasteiger partial charge in [-0.2, -0.15) is 43.9 Å². The number of thiol groups is 1. The number of ether oxygens (including phenoxy) is 2. The minimum Gasteiger partial charge on any atom is -0.412 e. The van der Waals surface area contributed by atoms with E-state index in [0.29, 0.717) is 0 Å². The highest BCUT2D eigenvalue weighted by Gasteiger charge is 2.67. The Morgan fingerprint density at radius 1 is 0.970 bits per heavy atom. The molecular weight excluding hydrogens is 504 g/mol. The summed E-state index contributed by atoms with van der Waals surface area (Å²) in [7, 11) is 0. The molecule has 0 rings (SSSR count). The van der Waals surface area contributed by atoms with E-state index in [1.165, 1.54) is 13.8 Å². The largest absolute Gasteiger partial charge is 0.466 e. The van der Waals surface area contributed by atoms with Gasteiger partial charge in [0.1, 0.15) is 5.57 Å². The van der Waals surface area contributed by atoms with Crippen LogP contribution in [0.5, 0.6) is 0 Å². The van der Waals surface area contributed by atoms with Crippen LogP contribution in [0.25, 0.3) is 0 Å². The molecule has 1 N–H and O–H groups in total. The Kier molecular flexibility index (Phi) is 10.6. The van der Waals surface area contributed by atoms with E-state index >= 15 is 0 Å². The number of hydrogen-bond acceptors (Lipinski definition) is 5. The molecular formula is C17H21F10NO4S. The summed E-state index contributed by atoms with van der Waals surface area (Å²) in [4.78, 5) is 23.8. The predicted molar refractivity (Wildman–Crippen MR) is 96.6 cm³/mol. The SMILES string of the molecule is C=C(C(=O)OC(OCCCCC(F)(F)C(F)(F)S)(C(=O)NCC(C)C)C(F)(F)F)C(F)(F)F. The molecule has 16 heteroatoms. The van der Waals surface area contributed by atoms with Crippen molar-refractivity contribution < 1.29 is 63.0 Å². The molecule has 0 spiro atoms. The molecule has 1 amide bonds. The van der Waals surface area contributed by atoms with Gasteiger partial charge >= 0.3 is 41.2 Å². The average molecular weight is 525 g/mol. The van der Waals surface area contributed by atoms with Gasteiger partial charge < -0.3 is 14.8 Å². The predicted octanol–water partition coefficient (Wildman–Crippen LogP) is 5.02. The van der Waals surface area contributed by atoms with Gasteiger partial charge in [-0.3, -0.25) is 4.79 Å². The molecule has 0 saturated heterocycles. The molecule has 5 nitrogen and oxygen atoms in total. The van der Waals surface area contributed by atoms with E-state index < -0.39 is 85.1 Å². The Balaban J connectivity index is 5.72. The van der Waals surface area contributed by atoms with E-state index in [-0.39, 0.29) is 0 Å². The van der Waals surface area contributed by atoms with Crippen molar-refractivity contribution in [2.75, 3.05) is 13.2 Å². The topological polar surface area (TPSA) is 64.6 Å². The van der Waals surface area contributed by atoms with Gasteiger partial charge in [0.15, 0.2) is 0 Å². The molecule has 0 aromatic heterocycles. The molecule has 0 aliphatic rings. The number of nitrogens with one attached hydrogen (secondary N) is 1. The fraction of sp³-hybridized carbons (Fsp3) is 0.765. The van der Waals surface area contributed by atoms with Gasteiger partial charge in [-0.1, -0.05) is 33.1 Å². The van der Waals surface area contributed by atoms with Crippen molar-refractivity contribution >= 4 is 24.5 Å². The summed E-state index contributed by atoms with van der Waals surface area (Å²) in [5, 5.41) is -3.03. The van der Waals surface area contributed by atoms with Gasteiger partial charge in [-0.25, -0.2) is 4.79 Å². The molecule has 0 aliphatic carbocycles. The second-order valence-corrected chi connectivity index (χ2v) is 7.70. The smallest absolute Gasteiger partial charge is 0.412 e. The van der Waals surface area contributed by atoms with Crippen molar-refractivity contribution in [1.29, 1.82) is 0 Å². The van der Waals surface area contributed by atoms with Gasteiger partial charge in [0.2, 0.25) is 0 Å². The van der Waals surface area contributed by atoms with E-state index in [1.54, 1.807) is 5.32 Å². The maximum atomic E-state index is 13.7. The normalized spacial score (nSPS) is 15.2. The molecule has 0 bridgehead atoms. The first-order valence-electron chi connectivity index (χ1n) is 9.05. The Hall–Kier alpha value is -1.71. The van der Waals surface area contributed by atoms with Crippen molar-refractivity contribution in [1.82, 2.24) is 5.32 Å². The van der Waals surface area contributed by atoms with Crippen LogP contribution in [-0.2, 0) is 19.1 Å². The zero-order valence-electron chi connectivity index (χ0n) is 17.2. The number of halogens is 10. The third kappa shape index (κ3) is 8.87. The summed E-state index contributed by atoms with van der Waals surface area (Å²) in [6.45, 7) is 3.44. The van der Waals surface area contributed by atoms with E-state index in [1.807, 2.05) is 0 Å². The number of alkyl halides is 10. The van der Waals surface area contributed by atoms with Crippen LogP contribution in [0.4, 0.5) is 43.9 Å². The number of carbonyl (C=O) groups is 2. The van der Waals surface area contributed by atoms with Crippen LogP contribution in [0.1, 0.15) is 33.1 Å².